The number of para-hydroxylation sites is 1. The summed E-state index contributed by atoms with van der Waals surface area (Å²) in [4.78, 5) is 14.7. The van der Waals surface area contributed by atoms with Gasteiger partial charge in [-0.05, 0) is 48.0 Å². The summed E-state index contributed by atoms with van der Waals surface area (Å²) in [6, 6.07) is 22.0. The van der Waals surface area contributed by atoms with Crippen LogP contribution in [-0.4, -0.2) is 11.1 Å². The van der Waals surface area contributed by atoms with Crippen molar-refractivity contribution in [2.45, 2.75) is 0 Å². The Morgan fingerprint density at radius 2 is 1.64 bits per heavy atom. The number of benzene rings is 3. The van der Waals surface area contributed by atoms with Crippen LogP contribution in [0.15, 0.2) is 77.8 Å². The fourth-order valence-electron chi connectivity index (χ4n) is 2.22. The van der Waals surface area contributed by atoms with Crippen LogP contribution >= 0.6 is 11.6 Å². The highest BCUT2D eigenvalue weighted by Crippen LogP contribution is 2.25. The predicted molar refractivity (Wildman–Crippen MR) is 102 cm³/mol. The molecule has 5 nitrogen and oxygen atoms in total. The summed E-state index contributed by atoms with van der Waals surface area (Å²) in [5.74, 6) is 0. The molecule has 25 heavy (non-hydrogen) atoms. The van der Waals surface area contributed by atoms with Gasteiger partial charge in [0, 0.05) is 23.7 Å². The number of rotatable bonds is 5. The minimum atomic E-state index is -0.510. The third-order valence-electron chi connectivity index (χ3n) is 3.46. The van der Waals surface area contributed by atoms with Crippen LogP contribution in [0.5, 0.6) is 0 Å². The first-order chi connectivity index (χ1) is 12.1. The summed E-state index contributed by atoms with van der Waals surface area (Å²) in [5.41, 5.74) is 3.19. The lowest BCUT2D eigenvalue weighted by atomic mass is 10.2. The average Bonchev–Trinajstić information content (AvgIpc) is 2.63. The smallest absolute Gasteiger partial charge is 0.288 e. The van der Waals surface area contributed by atoms with E-state index in [0.29, 0.717) is 5.56 Å². The zero-order valence-corrected chi connectivity index (χ0v) is 13.9. The number of hydrogen-bond acceptors (Lipinski definition) is 4. The largest absolute Gasteiger partial charge is 0.356 e. The van der Waals surface area contributed by atoms with E-state index in [1.165, 1.54) is 12.1 Å². The van der Waals surface area contributed by atoms with E-state index in [4.69, 9.17) is 11.6 Å². The molecule has 0 bridgehead atoms. The van der Waals surface area contributed by atoms with Gasteiger partial charge in [-0.3, -0.25) is 15.1 Å². The molecular weight excluding hydrogens is 338 g/mol. The molecule has 0 saturated heterocycles. The molecule has 3 aromatic carbocycles. The Morgan fingerprint density at radius 3 is 2.32 bits per heavy atom. The van der Waals surface area contributed by atoms with Gasteiger partial charge in [-0.1, -0.05) is 35.9 Å². The Bertz CT molecular complexity index is 910. The second kappa shape index (κ2) is 7.59. The molecule has 0 aliphatic heterocycles. The summed E-state index contributed by atoms with van der Waals surface area (Å²) in [6.07, 6.45) is 1.57. The Hall–Kier alpha value is -3.18. The highest BCUT2D eigenvalue weighted by Gasteiger charge is 2.11. The van der Waals surface area contributed by atoms with Crippen molar-refractivity contribution in [1.82, 2.24) is 0 Å². The van der Waals surface area contributed by atoms with E-state index < -0.39 is 4.92 Å². The molecule has 3 rings (SSSR count). The van der Waals surface area contributed by atoms with Gasteiger partial charge >= 0.3 is 0 Å². The number of aliphatic imine (C=N–C) groups is 1. The summed E-state index contributed by atoms with van der Waals surface area (Å²) in [6.45, 7) is 0. The van der Waals surface area contributed by atoms with Crippen molar-refractivity contribution in [3.8, 4) is 0 Å². The van der Waals surface area contributed by atoms with Gasteiger partial charge in [-0.25, -0.2) is 0 Å². The van der Waals surface area contributed by atoms with E-state index in [2.05, 4.69) is 10.3 Å². The number of nitrogens with one attached hydrogen (secondary N) is 1. The van der Waals surface area contributed by atoms with Crippen molar-refractivity contribution in [1.29, 1.82) is 0 Å². The van der Waals surface area contributed by atoms with E-state index in [1.807, 2.05) is 54.6 Å². The number of nitro benzene ring substituents is 1. The first-order valence-corrected chi connectivity index (χ1v) is 7.90. The molecule has 0 amide bonds. The SMILES string of the molecule is O=[N+]([O-])c1cc(C=Nc2ccc(Nc3ccccc3)cc2)ccc1Cl. The van der Waals surface area contributed by atoms with Crippen LogP contribution in [0.4, 0.5) is 22.7 Å². The van der Waals surface area contributed by atoms with E-state index >= 15 is 0 Å². The van der Waals surface area contributed by atoms with Gasteiger partial charge < -0.3 is 5.32 Å². The lowest BCUT2D eigenvalue weighted by Gasteiger charge is -2.06. The molecule has 3 aromatic rings. The third kappa shape index (κ3) is 4.43. The van der Waals surface area contributed by atoms with E-state index in [9.17, 15) is 10.1 Å². The molecule has 1 N–H and O–H groups in total. The first kappa shape index (κ1) is 16.7. The maximum atomic E-state index is 10.9. The van der Waals surface area contributed by atoms with Crippen LogP contribution in [0.1, 0.15) is 5.56 Å². The average molecular weight is 352 g/mol. The van der Waals surface area contributed by atoms with Gasteiger partial charge in [-0.2, -0.15) is 0 Å². The number of anilines is 2. The molecule has 0 aliphatic carbocycles. The van der Waals surface area contributed by atoms with Gasteiger partial charge in [0.2, 0.25) is 0 Å². The predicted octanol–water partition coefficient (Wildman–Crippen LogP) is 5.74. The summed E-state index contributed by atoms with van der Waals surface area (Å²) in [5, 5.41) is 14.3. The summed E-state index contributed by atoms with van der Waals surface area (Å²) in [7, 11) is 0. The van der Waals surface area contributed by atoms with E-state index in [0.717, 1.165) is 17.1 Å². The van der Waals surface area contributed by atoms with Crippen LogP contribution < -0.4 is 5.32 Å². The highest BCUT2D eigenvalue weighted by molar-refractivity contribution is 6.32. The maximum Gasteiger partial charge on any atom is 0.288 e. The molecule has 0 unspecified atom stereocenters. The Kier molecular flexibility index (Phi) is 5.06. The second-order valence-electron chi connectivity index (χ2n) is 5.26. The molecule has 0 heterocycles. The molecule has 0 atom stereocenters. The van der Waals surface area contributed by atoms with Crippen molar-refractivity contribution in [2.75, 3.05) is 5.32 Å². The Labute approximate surface area is 149 Å². The van der Waals surface area contributed by atoms with Crippen LogP contribution in [-0.2, 0) is 0 Å². The monoisotopic (exact) mass is 351 g/mol. The van der Waals surface area contributed by atoms with Gasteiger partial charge in [0.05, 0.1) is 10.6 Å². The minimum absolute atomic E-state index is 0.110. The molecule has 0 aliphatic rings. The molecular formula is C19H14ClN3O2. The zero-order valence-electron chi connectivity index (χ0n) is 13.1. The zero-order chi connectivity index (χ0) is 17.6. The number of nitrogens with zero attached hydrogens (tertiary/aromatic N) is 2. The van der Waals surface area contributed by atoms with Gasteiger partial charge in [0.15, 0.2) is 0 Å². The van der Waals surface area contributed by atoms with Crippen molar-refractivity contribution < 1.29 is 4.92 Å². The maximum absolute atomic E-state index is 10.9. The number of halogens is 1. The van der Waals surface area contributed by atoms with Crippen molar-refractivity contribution in [3.63, 3.8) is 0 Å². The molecule has 0 fully saturated rings. The normalized spacial score (nSPS) is 10.8. The Morgan fingerprint density at radius 1 is 0.960 bits per heavy atom. The van der Waals surface area contributed by atoms with Crippen LogP contribution in [0.3, 0.4) is 0 Å². The van der Waals surface area contributed by atoms with Crippen LogP contribution in [0.25, 0.3) is 0 Å². The fourth-order valence-corrected chi connectivity index (χ4v) is 2.40. The third-order valence-corrected chi connectivity index (χ3v) is 3.78. The van der Waals surface area contributed by atoms with Crippen LogP contribution in [0.2, 0.25) is 5.02 Å². The first-order valence-electron chi connectivity index (χ1n) is 7.52. The molecule has 0 spiro atoms. The highest BCUT2D eigenvalue weighted by atomic mass is 35.5. The molecule has 0 radical (unpaired) electrons. The summed E-state index contributed by atoms with van der Waals surface area (Å²) < 4.78 is 0. The molecule has 6 heteroatoms. The Balaban J connectivity index is 1.72. The van der Waals surface area contributed by atoms with Gasteiger partial charge in [0.1, 0.15) is 5.02 Å². The van der Waals surface area contributed by atoms with Crippen molar-refractivity contribution in [2.24, 2.45) is 4.99 Å². The number of hydrogen-bond donors (Lipinski definition) is 1. The molecule has 0 saturated carbocycles. The lowest BCUT2D eigenvalue weighted by Crippen LogP contribution is -1.91. The summed E-state index contributed by atoms with van der Waals surface area (Å²) >= 11 is 5.80. The minimum Gasteiger partial charge on any atom is -0.356 e. The quantitative estimate of drug-likeness (QED) is 0.362. The molecule has 124 valence electrons. The molecule has 0 aromatic heterocycles. The van der Waals surface area contributed by atoms with Crippen LogP contribution in [0, 0.1) is 10.1 Å². The second-order valence-corrected chi connectivity index (χ2v) is 5.67. The topological polar surface area (TPSA) is 67.5 Å². The van der Waals surface area contributed by atoms with Crippen molar-refractivity contribution >= 4 is 40.6 Å². The van der Waals surface area contributed by atoms with Gasteiger partial charge in [0.25, 0.3) is 5.69 Å². The van der Waals surface area contributed by atoms with Gasteiger partial charge in [-0.15, -0.1) is 0 Å². The van der Waals surface area contributed by atoms with E-state index in [1.54, 1.807) is 12.3 Å². The number of nitro groups is 1. The van der Waals surface area contributed by atoms with E-state index in [-0.39, 0.29) is 10.7 Å². The van der Waals surface area contributed by atoms with Crippen molar-refractivity contribution in [3.05, 3.63) is 93.5 Å². The fraction of sp³-hybridized carbons (Fsp3) is 0. The standard InChI is InChI=1S/C19H14ClN3O2/c20-18-11-6-14(12-19(18)23(24)25)13-21-15-7-9-17(10-8-15)22-16-4-2-1-3-5-16/h1-13,22H. The lowest BCUT2D eigenvalue weighted by molar-refractivity contribution is -0.384.